The molecule has 0 aliphatic rings. The first-order chi connectivity index (χ1) is 9.04. The van der Waals surface area contributed by atoms with Crippen LogP contribution in [0.3, 0.4) is 0 Å². The molecular weight excluding hydrogens is 246 g/mol. The van der Waals surface area contributed by atoms with Gasteiger partial charge < -0.3 is 9.47 Å². The number of nitrogens with zero attached hydrogens (tertiary/aromatic N) is 1. The van der Waals surface area contributed by atoms with Crippen molar-refractivity contribution in [2.24, 2.45) is 11.3 Å². The van der Waals surface area contributed by atoms with Crippen molar-refractivity contribution in [3.63, 3.8) is 0 Å². The number of hydrogen-bond acceptors (Lipinski definition) is 5. The Kier molecular flexibility index (Phi) is 7.50. The molecule has 0 aromatic rings. The van der Waals surface area contributed by atoms with Gasteiger partial charge in [-0.25, -0.2) is 0 Å². The average Bonchev–Trinajstić information content (AvgIpc) is 2.44. The molecule has 1 atom stereocenters. The Bertz CT molecular complexity index is 354. The minimum absolute atomic E-state index is 0.0221. The van der Waals surface area contributed by atoms with Crippen molar-refractivity contribution in [1.82, 2.24) is 0 Å². The van der Waals surface area contributed by atoms with Gasteiger partial charge in [0, 0.05) is 0 Å². The van der Waals surface area contributed by atoms with Gasteiger partial charge in [0.2, 0.25) is 0 Å². The van der Waals surface area contributed by atoms with E-state index in [9.17, 15) is 14.9 Å². The first kappa shape index (κ1) is 17.2. The van der Waals surface area contributed by atoms with Crippen LogP contribution < -0.4 is 0 Å². The average molecular weight is 267 g/mol. The smallest absolute Gasteiger partial charge is 0.324 e. The molecule has 0 rings (SSSR count). The Hall–Kier alpha value is -1.83. The summed E-state index contributed by atoms with van der Waals surface area (Å²) in [5, 5.41) is 9.30. The summed E-state index contributed by atoms with van der Waals surface area (Å²) in [5.41, 5.74) is -1.62. The lowest BCUT2D eigenvalue weighted by Gasteiger charge is -2.31. The number of carbonyl (C=O) groups is 2. The second kappa shape index (κ2) is 8.30. The molecule has 106 valence electrons. The number of unbranched alkanes of at least 4 members (excludes halogenated alkanes) is 1. The van der Waals surface area contributed by atoms with E-state index in [1.54, 1.807) is 0 Å². The highest BCUT2D eigenvalue weighted by Crippen LogP contribution is 2.38. The molecule has 0 aromatic carbocycles. The number of nitriles is 1. The summed E-state index contributed by atoms with van der Waals surface area (Å²) in [6.45, 7) is 5.52. The molecule has 0 amide bonds. The van der Waals surface area contributed by atoms with Gasteiger partial charge >= 0.3 is 11.9 Å². The van der Waals surface area contributed by atoms with E-state index in [0.29, 0.717) is 6.42 Å². The molecule has 0 saturated heterocycles. The fraction of sp³-hybridized carbons (Fsp3) is 0.643. The van der Waals surface area contributed by atoms with Crippen LogP contribution in [0.1, 0.15) is 32.6 Å². The number of carbonyl (C=O) groups excluding carboxylic acids is 2. The summed E-state index contributed by atoms with van der Waals surface area (Å²) in [5.74, 6) is -2.28. The normalized spacial score (nSPS) is 12.1. The summed E-state index contributed by atoms with van der Waals surface area (Å²) in [6.07, 6.45) is 3.50. The van der Waals surface area contributed by atoms with Gasteiger partial charge in [-0.1, -0.05) is 25.8 Å². The van der Waals surface area contributed by atoms with Crippen molar-refractivity contribution in [2.45, 2.75) is 32.6 Å². The van der Waals surface area contributed by atoms with Crippen molar-refractivity contribution in [3.05, 3.63) is 12.7 Å². The lowest BCUT2D eigenvalue weighted by molar-refractivity contribution is -0.172. The van der Waals surface area contributed by atoms with E-state index in [1.165, 1.54) is 20.3 Å². The Morgan fingerprint density at radius 2 is 1.89 bits per heavy atom. The predicted molar refractivity (Wildman–Crippen MR) is 69.9 cm³/mol. The second-order valence-corrected chi connectivity index (χ2v) is 4.27. The summed E-state index contributed by atoms with van der Waals surface area (Å²) < 4.78 is 9.43. The third-order valence-corrected chi connectivity index (χ3v) is 3.16. The summed E-state index contributed by atoms with van der Waals surface area (Å²) in [7, 11) is 2.38. The molecule has 5 heteroatoms. The molecular formula is C14H21NO4. The molecule has 0 N–H and O–H groups in total. The van der Waals surface area contributed by atoms with Gasteiger partial charge in [0.1, 0.15) is 0 Å². The maximum atomic E-state index is 12.1. The van der Waals surface area contributed by atoms with Crippen molar-refractivity contribution in [3.8, 4) is 6.07 Å². The fourth-order valence-electron chi connectivity index (χ4n) is 2.10. The Morgan fingerprint density at radius 3 is 2.21 bits per heavy atom. The molecule has 5 nitrogen and oxygen atoms in total. The first-order valence-electron chi connectivity index (χ1n) is 6.22. The third kappa shape index (κ3) is 3.57. The van der Waals surface area contributed by atoms with Crippen molar-refractivity contribution < 1.29 is 19.1 Å². The fourth-order valence-corrected chi connectivity index (χ4v) is 2.10. The zero-order valence-corrected chi connectivity index (χ0v) is 11.8. The maximum Gasteiger partial charge on any atom is 0.324 e. The van der Waals surface area contributed by atoms with Crippen LogP contribution in [0.5, 0.6) is 0 Å². The van der Waals surface area contributed by atoms with Gasteiger partial charge in [-0.15, -0.1) is 6.58 Å². The van der Waals surface area contributed by atoms with E-state index >= 15 is 0 Å². The van der Waals surface area contributed by atoms with E-state index < -0.39 is 23.3 Å². The largest absolute Gasteiger partial charge is 0.468 e. The second-order valence-electron chi connectivity index (χ2n) is 4.27. The van der Waals surface area contributed by atoms with E-state index in [-0.39, 0.29) is 6.42 Å². The van der Waals surface area contributed by atoms with Gasteiger partial charge in [-0.2, -0.15) is 5.26 Å². The number of esters is 2. The number of methoxy groups -OCH3 is 2. The Balaban J connectivity index is 5.65. The first-order valence-corrected chi connectivity index (χ1v) is 6.22. The topological polar surface area (TPSA) is 76.4 Å². The van der Waals surface area contributed by atoms with E-state index in [2.05, 4.69) is 6.58 Å². The SMILES string of the molecule is C=CCC(C(=O)OC)(C(=O)OC)C(C#N)CCCC. The number of allylic oxidation sites excluding steroid dienone is 1. The zero-order valence-electron chi connectivity index (χ0n) is 11.8. The van der Waals surface area contributed by atoms with Gasteiger partial charge in [0.25, 0.3) is 0 Å². The van der Waals surface area contributed by atoms with Gasteiger partial charge in [-0.3, -0.25) is 9.59 Å². The number of ether oxygens (including phenoxy) is 2. The molecule has 0 radical (unpaired) electrons. The number of rotatable bonds is 8. The molecule has 0 spiro atoms. The molecule has 0 saturated carbocycles. The minimum atomic E-state index is -1.62. The van der Waals surface area contributed by atoms with Crippen LogP contribution in [-0.4, -0.2) is 26.2 Å². The van der Waals surface area contributed by atoms with Crippen molar-refractivity contribution >= 4 is 11.9 Å². The molecule has 0 bridgehead atoms. The Labute approximate surface area is 114 Å². The molecule has 0 fully saturated rings. The van der Waals surface area contributed by atoms with E-state index in [0.717, 1.165) is 12.8 Å². The van der Waals surface area contributed by atoms with Crippen molar-refractivity contribution in [1.29, 1.82) is 5.26 Å². The van der Waals surface area contributed by atoms with Crippen LogP contribution in [0.4, 0.5) is 0 Å². The summed E-state index contributed by atoms with van der Waals surface area (Å²) in [6, 6.07) is 2.04. The van der Waals surface area contributed by atoms with Gasteiger partial charge in [0.05, 0.1) is 26.2 Å². The van der Waals surface area contributed by atoms with Gasteiger partial charge in [0.15, 0.2) is 5.41 Å². The molecule has 1 unspecified atom stereocenters. The lowest BCUT2D eigenvalue weighted by Crippen LogP contribution is -2.46. The minimum Gasteiger partial charge on any atom is -0.468 e. The zero-order chi connectivity index (χ0) is 14.9. The summed E-state index contributed by atoms with van der Waals surface area (Å²) >= 11 is 0. The van der Waals surface area contributed by atoms with Crippen LogP contribution in [-0.2, 0) is 19.1 Å². The number of hydrogen-bond donors (Lipinski definition) is 0. The molecule has 0 aliphatic carbocycles. The van der Waals surface area contributed by atoms with Crippen LogP contribution in [0, 0.1) is 22.7 Å². The Morgan fingerprint density at radius 1 is 1.37 bits per heavy atom. The standard InChI is InChI=1S/C14H21NO4/c1-5-7-8-11(10-15)14(9-6-2,12(16)18-3)13(17)19-4/h6,11H,2,5,7-9H2,1,3-4H3. The maximum absolute atomic E-state index is 12.1. The lowest BCUT2D eigenvalue weighted by atomic mass is 9.71. The predicted octanol–water partition coefficient (Wildman–Crippen LogP) is 2.22. The highest BCUT2D eigenvalue weighted by Gasteiger charge is 2.53. The van der Waals surface area contributed by atoms with E-state index in [1.807, 2.05) is 13.0 Å². The molecule has 0 heterocycles. The third-order valence-electron chi connectivity index (χ3n) is 3.16. The van der Waals surface area contributed by atoms with Crippen LogP contribution in [0.2, 0.25) is 0 Å². The highest BCUT2D eigenvalue weighted by molar-refractivity contribution is 6.01. The van der Waals surface area contributed by atoms with Crippen LogP contribution in [0.15, 0.2) is 12.7 Å². The molecule has 19 heavy (non-hydrogen) atoms. The van der Waals surface area contributed by atoms with Crippen LogP contribution in [0.25, 0.3) is 0 Å². The van der Waals surface area contributed by atoms with E-state index in [4.69, 9.17) is 9.47 Å². The summed E-state index contributed by atoms with van der Waals surface area (Å²) in [4.78, 5) is 24.1. The highest BCUT2D eigenvalue weighted by atomic mass is 16.5. The molecule has 0 aromatic heterocycles. The van der Waals surface area contributed by atoms with Crippen LogP contribution >= 0.6 is 0 Å². The quantitative estimate of drug-likeness (QED) is 0.383. The monoisotopic (exact) mass is 267 g/mol. The molecule has 0 aliphatic heterocycles. The van der Waals surface area contributed by atoms with Gasteiger partial charge in [-0.05, 0) is 12.8 Å². The van der Waals surface area contributed by atoms with Crippen molar-refractivity contribution in [2.75, 3.05) is 14.2 Å².